The first kappa shape index (κ1) is 7.29. The second-order valence-corrected chi connectivity index (χ2v) is 2.19. The second kappa shape index (κ2) is 3.37. The Morgan fingerprint density at radius 1 is 1.30 bits per heavy atom. The van der Waals surface area contributed by atoms with Crippen molar-refractivity contribution in [2.75, 3.05) is 0 Å². The molecule has 0 amide bonds. The number of aliphatic hydroxyl groups is 1. The molecule has 0 aliphatic heterocycles. The highest BCUT2D eigenvalue weighted by atomic mass is 16.3. The molecule has 0 unspecified atom stereocenters. The summed E-state index contributed by atoms with van der Waals surface area (Å²) in [5.41, 5.74) is 0.949. The zero-order chi connectivity index (χ0) is 7.40. The van der Waals surface area contributed by atoms with Gasteiger partial charge in [-0.3, -0.25) is 0 Å². The van der Waals surface area contributed by atoms with Gasteiger partial charge in [0.15, 0.2) is 0 Å². The Kier molecular flexibility index (Phi) is 2.46. The fraction of sp³-hybridized carbons (Fsp3) is 0.222. The average molecular weight is 135 g/mol. The third kappa shape index (κ3) is 1.58. The lowest BCUT2D eigenvalue weighted by molar-refractivity contribution is 0.212. The molecule has 10 heavy (non-hydrogen) atoms. The Morgan fingerprint density at radius 2 is 1.90 bits per heavy atom. The quantitative estimate of drug-likeness (QED) is 0.657. The Bertz CT molecular complexity index is 181. The van der Waals surface area contributed by atoms with Gasteiger partial charge in [0, 0.05) is 0 Å². The van der Waals surface area contributed by atoms with Crippen LogP contribution in [-0.2, 0) is 0 Å². The molecule has 0 saturated carbocycles. The van der Waals surface area contributed by atoms with Crippen LogP contribution in [-0.4, -0.2) is 5.11 Å². The van der Waals surface area contributed by atoms with Crippen molar-refractivity contribution < 1.29 is 5.11 Å². The first-order valence-corrected chi connectivity index (χ1v) is 3.37. The van der Waals surface area contributed by atoms with E-state index in [0.717, 1.165) is 5.56 Å². The summed E-state index contributed by atoms with van der Waals surface area (Å²) in [6, 6.07) is 9.59. The van der Waals surface area contributed by atoms with E-state index in [4.69, 9.17) is 0 Å². The molecule has 1 radical (unpaired) electrons. The lowest BCUT2D eigenvalue weighted by Gasteiger charge is -2.05. The van der Waals surface area contributed by atoms with Gasteiger partial charge in [-0.25, -0.2) is 0 Å². The van der Waals surface area contributed by atoms with Crippen molar-refractivity contribution in [3.63, 3.8) is 0 Å². The molecule has 0 fully saturated rings. The maximum Gasteiger partial charge on any atom is 0.0819 e. The van der Waals surface area contributed by atoms with Crippen LogP contribution in [0.5, 0.6) is 0 Å². The third-order valence-electron chi connectivity index (χ3n) is 1.46. The standard InChI is InChI=1S/C9H11O/c1-2-9(10)8-6-4-3-5-7-8/h2-7,9-10H,1H3/t9-/m1/s1. The van der Waals surface area contributed by atoms with Gasteiger partial charge in [0.1, 0.15) is 0 Å². The first-order chi connectivity index (χ1) is 4.84. The predicted molar refractivity (Wildman–Crippen MR) is 41.4 cm³/mol. The van der Waals surface area contributed by atoms with Crippen LogP contribution < -0.4 is 0 Å². The van der Waals surface area contributed by atoms with E-state index in [2.05, 4.69) is 0 Å². The first-order valence-electron chi connectivity index (χ1n) is 3.37. The van der Waals surface area contributed by atoms with Crippen molar-refractivity contribution in [3.8, 4) is 0 Å². The van der Waals surface area contributed by atoms with E-state index in [9.17, 15) is 5.11 Å². The highest BCUT2D eigenvalue weighted by Crippen LogP contribution is 2.13. The minimum atomic E-state index is -0.416. The van der Waals surface area contributed by atoms with Crippen LogP contribution in [0.4, 0.5) is 0 Å². The number of aliphatic hydroxyl groups excluding tert-OH is 1. The molecule has 1 atom stereocenters. The molecular weight excluding hydrogens is 124 g/mol. The topological polar surface area (TPSA) is 20.2 Å². The van der Waals surface area contributed by atoms with Gasteiger partial charge in [-0.05, 0) is 12.0 Å². The molecule has 0 aliphatic rings. The van der Waals surface area contributed by atoms with Crippen LogP contribution in [0.25, 0.3) is 0 Å². The van der Waals surface area contributed by atoms with Gasteiger partial charge in [-0.1, -0.05) is 37.3 Å². The molecule has 1 heteroatoms. The predicted octanol–water partition coefficient (Wildman–Crippen LogP) is 1.94. The highest BCUT2D eigenvalue weighted by molar-refractivity contribution is 5.18. The van der Waals surface area contributed by atoms with Crippen LogP contribution in [0.3, 0.4) is 0 Å². The molecule has 1 nitrogen and oxygen atoms in total. The summed E-state index contributed by atoms with van der Waals surface area (Å²) in [7, 11) is 0. The summed E-state index contributed by atoms with van der Waals surface area (Å²) in [5.74, 6) is 0. The van der Waals surface area contributed by atoms with Gasteiger partial charge >= 0.3 is 0 Å². The minimum Gasteiger partial charge on any atom is -0.388 e. The van der Waals surface area contributed by atoms with Crippen LogP contribution in [0, 0.1) is 6.42 Å². The highest BCUT2D eigenvalue weighted by Gasteiger charge is 2.01. The fourth-order valence-electron chi connectivity index (χ4n) is 0.843. The molecule has 0 bridgehead atoms. The summed E-state index contributed by atoms with van der Waals surface area (Å²) < 4.78 is 0. The maximum absolute atomic E-state index is 9.27. The Hall–Kier alpha value is -0.820. The van der Waals surface area contributed by atoms with E-state index in [-0.39, 0.29) is 0 Å². The molecule has 1 rings (SSSR count). The van der Waals surface area contributed by atoms with Gasteiger partial charge < -0.3 is 5.11 Å². The normalized spacial score (nSPS) is 13.0. The average Bonchev–Trinajstić information content (AvgIpc) is 2.05. The summed E-state index contributed by atoms with van der Waals surface area (Å²) in [4.78, 5) is 0. The van der Waals surface area contributed by atoms with E-state index >= 15 is 0 Å². The molecule has 0 saturated heterocycles. The molecule has 1 aromatic carbocycles. The van der Waals surface area contributed by atoms with Crippen molar-refractivity contribution in [2.45, 2.75) is 13.0 Å². The van der Waals surface area contributed by atoms with E-state index < -0.39 is 6.10 Å². The van der Waals surface area contributed by atoms with Crippen molar-refractivity contribution >= 4 is 0 Å². The van der Waals surface area contributed by atoms with E-state index in [1.165, 1.54) is 0 Å². The Morgan fingerprint density at radius 3 is 2.40 bits per heavy atom. The number of benzene rings is 1. The molecule has 0 heterocycles. The maximum atomic E-state index is 9.27. The lowest BCUT2D eigenvalue weighted by atomic mass is 10.1. The number of hydrogen-bond acceptors (Lipinski definition) is 1. The minimum absolute atomic E-state index is 0.416. The molecule has 0 spiro atoms. The molecular formula is C9H11O. The van der Waals surface area contributed by atoms with E-state index in [1.54, 1.807) is 6.42 Å². The molecule has 53 valence electrons. The van der Waals surface area contributed by atoms with Gasteiger partial charge in [-0.2, -0.15) is 0 Å². The zero-order valence-electron chi connectivity index (χ0n) is 5.99. The van der Waals surface area contributed by atoms with Gasteiger partial charge in [-0.15, -0.1) is 0 Å². The third-order valence-corrected chi connectivity index (χ3v) is 1.46. The van der Waals surface area contributed by atoms with Crippen LogP contribution >= 0.6 is 0 Å². The molecule has 0 aliphatic carbocycles. The summed E-state index contributed by atoms with van der Waals surface area (Å²) >= 11 is 0. The Labute approximate surface area is 61.3 Å². The van der Waals surface area contributed by atoms with Crippen molar-refractivity contribution in [1.82, 2.24) is 0 Å². The fourth-order valence-corrected chi connectivity index (χ4v) is 0.843. The van der Waals surface area contributed by atoms with Crippen molar-refractivity contribution in [1.29, 1.82) is 0 Å². The number of hydrogen-bond donors (Lipinski definition) is 1. The Balaban J connectivity index is 2.75. The molecule has 0 aromatic heterocycles. The smallest absolute Gasteiger partial charge is 0.0819 e. The number of rotatable bonds is 2. The molecule has 1 N–H and O–H groups in total. The molecule has 1 aromatic rings. The van der Waals surface area contributed by atoms with Gasteiger partial charge in [0.2, 0.25) is 0 Å². The lowest BCUT2D eigenvalue weighted by Crippen LogP contribution is -1.93. The van der Waals surface area contributed by atoms with E-state index in [0.29, 0.717) is 0 Å². The van der Waals surface area contributed by atoms with Crippen LogP contribution in [0.1, 0.15) is 18.6 Å². The monoisotopic (exact) mass is 135 g/mol. The summed E-state index contributed by atoms with van der Waals surface area (Å²) in [6.45, 7) is 1.84. The van der Waals surface area contributed by atoms with Gasteiger partial charge in [0.25, 0.3) is 0 Å². The van der Waals surface area contributed by atoms with E-state index in [1.807, 2.05) is 37.3 Å². The zero-order valence-corrected chi connectivity index (χ0v) is 5.99. The van der Waals surface area contributed by atoms with Crippen LogP contribution in [0.15, 0.2) is 30.3 Å². The van der Waals surface area contributed by atoms with Crippen molar-refractivity contribution in [3.05, 3.63) is 42.3 Å². The summed E-state index contributed by atoms with van der Waals surface area (Å²) in [6.07, 6.45) is 1.34. The van der Waals surface area contributed by atoms with Gasteiger partial charge in [0.05, 0.1) is 6.10 Å². The SMILES string of the molecule is C[CH][C@@H](O)c1ccccc1. The summed E-state index contributed by atoms with van der Waals surface area (Å²) in [5, 5.41) is 9.27. The van der Waals surface area contributed by atoms with Crippen LogP contribution in [0.2, 0.25) is 0 Å². The largest absolute Gasteiger partial charge is 0.388 e. The second-order valence-electron chi connectivity index (χ2n) is 2.19. The van der Waals surface area contributed by atoms with Crippen molar-refractivity contribution in [2.24, 2.45) is 0 Å².